The monoisotopic (exact) mass is 525 g/mol. The number of aromatic nitrogens is 2. The number of hydrogen-bond donors (Lipinski definition) is 2. The van der Waals surface area contributed by atoms with E-state index in [0.29, 0.717) is 17.8 Å². The molecule has 0 radical (unpaired) electrons. The molecule has 1 aliphatic rings. The van der Waals surface area contributed by atoms with E-state index in [-0.39, 0.29) is 11.7 Å². The van der Waals surface area contributed by atoms with Crippen molar-refractivity contribution in [3.63, 3.8) is 0 Å². The number of benzene rings is 3. The van der Waals surface area contributed by atoms with Crippen LogP contribution in [0.3, 0.4) is 0 Å². The lowest BCUT2D eigenvalue weighted by Crippen LogP contribution is -2.24. The Hall–Kier alpha value is -4.13. The number of rotatable bonds is 9. The zero-order valence-corrected chi connectivity index (χ0v) is 22.4. The lowest BCUT2D eigenvalue weighted by molar-refractivity contribution is 0.0697. The normalized spacial score (nSPS) is 13.9. The topological polar surface area (TPSA) is 93.5 Å². The highest BCUT2D eigenvalue weighted by Crippen LogP contribution is 2.27. The third-order valence-electron chi connectivity index (χ3n) is 7.42. The highest BCUT2D eigenvalue weighted by molar-refractivity contribution is 5.96. The third kappa shape index (κ3) is 6.30. The number of nitrogens with zero attached hydrogens (tertiary/aromatic N) is 2. The van der Waals surface area contributed by atoms with Crippen LogP contribution in [-0.2, 0) is 17.7 Å². The van der Waals surface area contributed by atoms with Crippen LogP contribution in [0.25, 0.3) is 22.2 Å². The van der Waals surface area contributed by atoms with E-state index in [0.717, 1.165) is 72.9 Å². The maximum Gasteiger partial charge on any atom is 0.411 e. The summed E-state index contributed by atoms with van der Waals surface area (Å²) in [6, 6.07) is 20.8. The van der Waals surface area contributed by atoms with Crippen LogP contribution in [-0.4, -0.2) is 32.8 Å². The fraction of sp³-hybridized carbons (Fsp3) is 0.344. The first-order valence-electron chi connectivity index (χ1n) is 13.9. The number of fused-ring (bicyclic) bond motifs is 1. The van der Waals surface area contributed by atoms with E-state index in [2.05, 4.69) is 16.8 Å². The van der Waals surface area contributed by atoms with Crippen molar-refractivity contribution >= 4 is 28.8 Å². The number of carbonyl (C=O) groups excluding carboxylic acids is 1. The molecule has 202 valence electrons. The van der Waals surface area contributed by atoms with Gasteiger partial charge >= 0.3 is 12.1 Å². The van der Waals surface area contributed by atoms with Crippen LogP contribution in [0.15, 0.2) is 66.7 Å². The minimum Gasteiger partial charge on any atom is -0.478 e. The Kier molecular flexibility index (Phi) is 8.25. The molecule has 1 saturated carbocycles. The Morgan fingerprint density at radius 2 is 1.79 bits per heavy atom. The van der Waals surface area contributed by atoms with Crippen molar-refractivity contribution in [1.29, 1.82) is 0 Å². The lowest BCUT2D eigenvalue weighted by atomic mass is 9.98. The van der Waals surface area contributed by atoms with Gasteiger partial charge in [0, 0.05) is 18.7 Å². The highest BCUT2D eigenvalue weighted by Gasteiger charge is 2.19. The average molecular weight is 526 g/mol. The molecule has 1 fully saturated rings. The maximum atomic E-state index is 12.6. The van der Waals surface area contributed by atoms with E-state index in [4.69, 9.17) is 9.72 Å². The van der Waals surface area contributed by atoms with E-state index in [1.54, 1.807) is 12.1 Å². The number of imidazole rings is 1. The smallest absolute Gasteiger partial charge is 0.411 e. The van der Waals surface area contributed by atoms with Gasteiger partial charge < -0.3 is 14.4 Å². The number of carbonyl (C=O) groups is 2. The molecule has 7 nitrogen and oxygen atoms in total. The van der Waals surface area contributed by atoms with Crippen molar-refractivity contribution in [3.8, 4) is 11.1 Å². The Bertz CT molecular complexity index is 1450. The second-order valence-corrected chi connectivity index (χ2v) is 10.3. The molecule has 5 rings (SSSR count). The molecular weight excluding hydrogens is 490 g/mol. The quantitative estimate of drug-likeness (QED) is 0.234. The highest BCUT2D eigenvalue weighted by atomic mass is 16.6. The molecule has 4 aromatic rings. The number of nitrogens with one attached hydrogen (secondary N) is 1. The zero-order chi connectivity index (χ0) is 27.2. The van der Waals surface area contributed by atoms with Crippen LogP contribution in [0, 0.1) is 0 Å². The van der Waals surface area contributed by atoms with Crippen LogP contribution < -0.4 is 5.32 Å². The summed E-state index contributed by atoms with van der Waals surface area (Å²) in [5, 5.41) is 12.5. The van der Waals surface area contributed by atoms with Crippen molar-refractivity contribution in [2.24, 2.45) is 0 Å². The fourth-order valence-electron chi connectivity index (χ4n) is 5.33. The van der Waals surface area contributed by atoms with Crippen LogP contribution in [0.1, 0.15) is 73.6 Å². The summed E-state index contributed by atoms with van der Waals surface area (Å²) in [5.41, 5.74) is 5.46. The molecule has 0 bridgehead atoms. The van der Waals surface area contributed by atoms with Gasteiger partial charge in [-0.2, -0.15) is 0 Å². The Labute approximate surface area is 228 Å². The number of aromatic carboxylic acids is 1. The average Bonchev–Trinajstić information content (AvgIpc) is 3.29. The summed E-state index contributed by atoms with van der Waals surface area (Å²) in [7, 11) is 0. The first-order chi connectivity index (χ1) is 19.0. The van der Waals surface area contributed by atoms with Gasteiger partial charge in [-0.1, -0.05) is 62.2 Å². The summed E-state index contributed by atoms with van der Waals surface area (Å²) >= 11 is 0. The first-order valence-corrected chi connectivity index (χ1v) is 13.9. The molecule has 2 N–H and O–H groups in total. The van der Waals surface area contributed by atoms with Crippen molar-refractivity contribution in [3.05, 3.63) is 83.7 Å². The molecule has 1 aliphatic carbocycles. The van der Waals surface area contributed by atoms with Crippen molar-refractivity contribution in [2.75, 3.05) is 5.32 Å². The molecule has 0 aliphatic heterocycles. The summed E-state index contributed by atoms with van der Waals surface area (Å²) in [6.45, 7) is 2.78. The summed E-state index contributed by atoms with van der Waals surface area (Å²) in [4.78, 5) is 29.1. The molecule has 1 heterocycles. The van der Waals surface area contributed by atoms with Crippen LogP contribution in [0.4, 0.5) is 10.5 Å². The Morgan fingerprint density at radius 1 is 1.03 bits per heavy atom. The summed E-state index contributed by atoms with van der Waals surface area (Å²) < 4.78 is 7.86. The number of anilines is 1. The van der Waals surface area contributed by atoms with Gasteiger partial charge in [-0.15, -0.1) is 0 Å². The largest absolute Gasteiger partial charge is 0.478 e. The number of ether oxygens (including phenoxy) is 1. The van der Waals surface area contributed by atoms with E-state index in [1.807, 2.05) is 54.6 Å². The predicted octanol–water partition coefficient (Wildman–Crippen LogP) is 7.67. The minimum absolute atomic E-state index is 0.000842. The Balaban J connectivity index is 1.39. The van der Waals surface area contributed by atoms with Gasteiger partial charge in [0.15, 0.2) is 0 Å². The van der Waals surface area contributed by atoms with Gasteiger partial charge in [0.2, 0.25) is 0 Å². The molecule has 0 spiro atoms. The molecule has 0 unspecified atom stereocenters. The Morgan fingerprint density at radius 3 is 2.54 bits per heavy atom. The van der Waals surface area contributed by atoms with E-state index in [1.165, 1.54) is 6.42 Å². The van der Waals surface area contributed by atoms with E-state index >= 15 is 0 Å². The van der Waals surface area contributed by atoms with Crippen molar-refractivity contribution in [1.82, 2.24) is 9.55 Å². The van der Waals surface area contributed by atoms with Gasteiger partial charge in [-0.05, 0) is 73.1 Å². The van der Waals surface area contributed by atoms with Crippen LogP contribution in [0.5, 0.6) is 0 Å². The van der Waals surface area contributed by atoms with E-state index < -0.39 is 12.1 Å². The second kappa shape index (κ2) is 12.2. The van der Waals surface area contributed by atoms with Gasteiger partial charge in [-0.3, -0.25) is 5.32 Å². The molecule has 0 saturated heterocycles. The fourth-order valence-corrected chi connectivity index (χ4v) is 5.33. The SMILES string of the molecule is CCCCc1nc2ccc(NC(=O)OC3CCCCC3)cc2n1Cc1ccc(-c2ccccc2C(=O)O)cc1. The van der Waals surface area contributed by atoms with Gasteiger partial charge in [0.25, 0.3) is 0 Å². The number of unbranched alkanes of at least 4 members (excludes halogenated alkanes) is 1. The predicted molar refractivity (Wildman–Crippen MR) is 153 cm³/mol. The van der Waals surface area contributed by atoms with Gasteiger partial charge in [-0.25, -0.2) is 14.6 Å². The number of amides is 1. The molecule has 0 atom stereocenters. The number of aryl methyl sites for hydroxylation is 1. The van der Waals surface area contributed by atoms with Gasteiger partial charge in [0.1, 0.15) is 11.9 Å². The van der Waals surface area contributed by atoms with Gasteiger partial charge in [0.05, 0.1) is 16.6 Å². The van der Waals surface area contributed by atoms with E-state index in [9.17, 15) is 14.7 Å². The lowest BCUT2D eigenvalue weighted by Gasteiger charge is -2.21. The van der Waals surface area contributed by atoms with Crippen LogP contribution in [0.2, 0.25) is 0 Å². The number of carboxylic acid groups (broad SMARTS) is 1. The molecule has 1 amide bonds. The first kappa shape index (κ1) is 26.5. The molecule has 39 heavy (non-hydrogen) atoms. The molecule has 3 aromatic carbocycles. The molecule has 7 heteroatoms. The second-order valence-electron chi connectivity index (χ2n) is 10.3. The number of hydrogen-bond acceptors (Lipinski definition) is 4. The zero-order valence-electron chi connectivity index (χ0n) is 22.4. The van der Waals surface area contributed by atoms with Crippen molar-refractivity contribution in [2.45, 2.75) is 70.9 Å². The van der Waals surface area contributed by atoms with Crippen molar-refractivity contribution < 1.29 is 19.4 Å². The maximum absolute atomic E-state index is 12.6. The summed E-state index contributed by atoms with van der Waals surface area (Å²) in [6.07, 6.45) is 7.85. The molecule has 1 aromatic heterocycles. The number of carboxylic acids is 1. The minimum atomic E-state index is -0.938. The summed E-state index contributed by atoms with van der Waals surface area (Å²) in [5.74, 6) is 0.0706. The standard InChI is InChI=1S/C32H35N3O4/c1-2-3-13-30-34-28-19-18-24(33-32(38)39-25-9-5-4-6-10-25)20-29(28)35(30)21-22-14-16-23(17-15-22)26-11-7-8-12-27(26)31(36)37/h7-8,11-12,14-20,25H,2-6,9-10,13,21H2,1H3,(H,33,38)(H,36,37). The third-order valence-corrected chi connectivity index (χ3v) is 7.42. The van der Waals surface area contributed by atoms with Crippen LogP contribution >= 0.6 is 0 Å². The molecular formula is C32H35N3O4.